The highest BCUT2D eigenvalue weighted by atomic mass is 35.5. The zero-order valence-electron chi connectivity index (χ0n) is 12.9. The number of unbranched alkanes of at least 4 members (excludes halogenated alkanes) is 1. The summed E-state index contributed by atoms with van der Waals surface area (Å²) in [6, 6.07) is 0. The first-order valence-corrected chi connectivity index (χ1v) is 7.17. The number of alkyl halides is 1. The van der Waals surface area contributed by atoms with Crippen LogP contribution in [0.15, 0.2) is 0 Å². The normalized spacial score (nSPS) is 18.7. The van der Waals surface area contributed by atoms with E-state index in [4.69, 9.17) is 21.4 Å². The summed E-state index contributed by atoms with van der Waals surface area (Å²) in [5.41, 5.74) is -1.63. The summed E-state index contributed by atoms with van der Waals surface area (Å²) < 4.78 is 0. The summed E-state index contributed by atoms with van der Waals surface area (Å²) in [7, 11) is 0. The van der Waals surface area contributed by atoms with Crippen molar-refractivity contribution in [1.29, 1.82) is 0 Å². The van der Waals surface area contributed by atoms with Gasteiger partial charge in [-0.1, -0.05) is 41.0 Å². The molecule has 0 bridgehead atoms. The van der Waals surface area contributed by atoms with Gasteiger partial charge in [0, 0.05) is 0 Å². The van der Waals surface area contributed by atoms with Crippen LogP contribution in [0.25, 0.3) is 0 Å². The number of carboxylic acids is 1. The Bertz CT molecular complexity index is 300. The van der Waals surface area contributed by atoms with Gasteiger partial charge in [-0.15, -0.1) is 11.6 Å². The molecule has 19 heavy (non-hydrogen) atoms. The molecule has 0 aromatic carbocycles. The Labute approximate surface area is 121 Å². The first-order chi connectivity index (χ1) is 8.56. The number of carbonyl (C=O) groups is 1. The van der Waals surface area contributed by atoms with Gasteiger partial charge < -0.3 is 5.11 Å². The Morgan fingerprint density at radius 1 is 1.21 bits per heavy atom. The maximum Gasteiger partial charge on any atom is 0.327 e. The molecule has 0 aromatic rings. The molecule has 0 rings (SSSR count). The number of hydrogen-bond acceptors (Lipinski definition) is 3. The molecule has 5 heteroatoms. The van der Waals surface area contributed by atoms with Gasteiger partial charge in [0.2, 0.25) is 0 Å². The van der Waals surface area contributed by atoms with Gasteiger partial charge in [0.25, 0.3) is 0 Å². The van der Waals surface area contributed by atoms with Crippen molar-refractivity contribution in [1.82, 2.24) is 0 Å². The van der Waals surface area contributed by atoms with Crippen molar-refractivity contribution in [2.45, 2.75) is 71.3 Å². The van der Waals surface area contributed by atoms with E-state index >= 15 is 0 Å². The smallest absolute Gasteiger partial charge is 0.327 e. The third-order valence-corrected chi connectivity index (χ3v) is 4.61. The first kappa shape index (κ1) is 18.7. The maximum absolute atomic E-state index is 11.6. The average Bonchev–Trinajstić information content (AvgIpc) is 2.31. The summed E-state index contributed by atoms with van der Waals surface area (Å²) in [5.74, 6) is -1.09. The van der Waals surface area contributed by atoms with Crippen LogP contribution in [0.4, 0.5) is 0 Å². The Morgan fingerprint density at radius 2 is 1.74 bits per heavy atom. The third-order valence-electron chi connectivity index (χ3n) is 3.82. The second kappa shape index (κ2) is 6.91. The van der Waals surface area contributed by atoms with E-state index in [2.05, 4.69) is 0 Å². The van der Waals surface area contributed by atoms with E-state index in [1.807, 2.05) is 27.7 Å². The highest BCUT2D eigenvalue weighted by Gasteiger charge is 2.60. The Balaban J connectivity index is 5.24. The molecular weight excluding hydrogens is 268 g/mol. The Morgan fingerprint density at radius 3 is 2.05 bits per heavy atom. The lowest BCUT2D eigenvalue weighted by molar-refractivity contribution is -0.385. The van der Waals surface area contributed by atoms with Gasteiger partial charge in [0.05, 0.1) is 6.61 Å². The molecule has 0 aromatic heterocycles. The lowest BCUT2D eigenvalue weighted by Gasteiger charge is -2.47. The van der Waals surface area contributed by atoms with Gasteiger partial charge in [-0.25, -0.2) is 9.78 Å². The molecule has 0 aliphatic rings. The summed E-state index contributed by atoms with van der Waals surface area (Å²) in [5, 5.41) is 9.47. The largest absolute Gasteiger partial charge is 0.480 e. The van der Waals surface area contributed by atoms with Gasteiger partial charge >= 0.3 is 5.97 Å². The number of aliphatic carboxylic acids is 1. The van der Waals surface area contributed by atoms with Crippen molar-refractivity contribution >= 4 is 17.6 Å². The molecule has 0 fully saturated rings. The van der Waals surface area contributed by atoms with E-state index < -0.39 is 21.9 Å². The van der Waals surface area contributed by atoms with Crippen LogP contribution in [0.3, 0.4) is 0 Å². The van der Waals surface area contributed by atoms with E-state index in [0.29, 0.717) is 6.61 Å². The zero-order valence-corrected chi connectivity index (χ0v) is 13.6. The van der Waals surface area contributed by atoms with Gasteiger partial charge in [0.1, 0.15) is 5.60 Å². The molecule has 0 saturated heterocycles. The first-order valence-electron chi connectivity index (χ1n) is 6.79. The predicted octanol–water partition coefficient (Wildman–Crippen LogP) is 4.01. The van der Waals surface area contributed by atoms with Crippen LogP contribution in [0.2, 0.25) is 0 Å². The predicted molar refractivity (Wildman–Crippen MR) is 76.3 cm³/mol. The molecular formula is C14H27ClO4. The topological polar surface area (TPSA) is 55.8 Å². The standard InChI is InChI=1S/C14H27ClO4/c1-7-9-10-18-19-13(6,12(3,4)5)14(15,8-2)11(16)17/h7-10H2,1-6H3,(H,16,17). The lowest BCUT2D eigenvalue weighted by Crippen LogP contribution is -2.61. The molecule has 0 aliphatic carbocycles. The van der Waals surface area contributed by atoms with Gasteiger partial charge in [-0.05, 0) is 25.2 Å². The zero-order chi connectivity index (χ0) is 15.3. The summed E-state index contributed by atoms with van der Waals surface area (Å²) in [6.45, 7) is 11.6. The average molecular weight is 295 g/mol. The number of halogens is 1. The summed E-state index contributed by atoms with van der Waals surface area (Å²) >= 11 is 6.36. The van der Waals surface area contributed by atoms with Gasteiger partial charge in [0.15, 0.2) is 4.87 Å². The van der Waals surface area contributed by atoms with E-state index in [1.165, 1.54) is 0 Å². The number of hydrogen-bond donors (Lipinski definition) is 1. The van der Waals surface area contributed by atoms with Crippen molar-refractivity contribution in [3.63, 3.8) is 0 Å². The molecule has 1 N–H and O–H groups in total. The molecule has 2 unspecified atom stereocenters. The van der Waals surface area contributed by atoms with Crippen LogP contribution in [0.1, 0.15) is 60.8 Å². The fourth-order valence-corrected chi connectivity index (χ4v) is 2.16. The fraction of sp³-hybridized carbons (Fsp3) is 0.929. The second-order valence-electron chi connectivity index (χ2n) is 6.00. The quantitative estimate of drug-likeness (QED) is 0.318. The molecule has 0 amide bonds. The van der Waals surface area contributed by atoms with Crippen molar-refractivity contribution in [2.75, 3.05) is 6.61 Å². The van der Waals surface area contributed by atoms with Gasteiger partial charge in [-0.3, -0.25) is 4.79 Å². The maximum atomic E-state index is 11.6. The SMILES string of the molecule is CCCCOOC(C)(C(C)(C)C)C(Cl)(CC)C(=O)O. The van der Waals surface area contributed by atoms with Crippen LogP contribution in [-0.2, 0) is 14.6 Å². The third kappa shape index (κ3) is 3.83. The summed E-state index contributed by atoms with van der Waals surface area (Å²) in [6.07, 6.45) is 2.08. The van der Waals surface area contributed by atoms with Crippen LogP contribution in [-0.4, -0.2) is 28.2 Å². The van der Waals surface area contributed by atoms with Crippen LogP contribution >= 0.6 is 11.6 Å². The van der Waals surface area contributed by atoms with Crippen molar-refractivity contribution in [2.24, 2.45) is 5.41 Å². The van der Waals surface area contributed by atoms with Crippen molar-refractivity contribution in [3.05, 3.63) is 0 Å². The molecule has 0 radical (unpaired) electrons. The number of carboxylic acid groups (broad SMARTS) is 1. The minimum Gasteiger partial charge on any atom is -0.480 e. The second-order valence-corrected chi connectivity index (χ2v) is 6.65. The van der Waals surface area contributed by atoms with Crippen LogP contribution in [0.5, 0.6) is 0 Å². The van der Waals surface area contributed by atoms with Gasteiger partial charge in [-0.2, -0.15) is 0 Å². The molecule has 0 spiro atoms. The van der Waals surface area contributed by atoms with Crippen LogP contribution < -0.4 is 0 Å². The van der Waals surface area contributed by atoms with E-state index in [1.54, 1.807) is 13.8 Å². The molecule has 0 heterocycles. The molecule has 0 aliphatic heterocycles. The monoisotopic (exact) mass is 294 g/mol. The van der Waals surface area contributed by atoms with Crippen molar-refractivity contribution in [3.8, 4) is 0 Å². The fourth-order valence-electron chi connectivity index (χ4n) is 1.84. The Hall–Kier alpha value is -0.320. The van der Waals surface area contributed by atoms with E-state index in [9.17, 15) is 9.90 Å². The highest BCUT2D eigenvalue weighted by Crippen LogP contribution is 2.47. The molecule has 0 saturated carbocycles. The Kier molecular flexibility index (Phi) is 6.79. The molecule has 2 atom stereocenters. The van der Waals surface area contributed by atoms with Crippen molar-refractivity contribution < 1.29 is 19.7 Å². The molecule has 4 nitrogen and oxygen atoms in total. The van der Waals surface area contributed by atoms with E-state index in [-0.39, 0.29) is 6.42 Å². The minimum atomic E-state index is -1.53. The number of rotatable bonds is 8. The highest BCUT2D eigenvalue weighted by molar-refractivity contribution is 6.34. The minimum absolute atomic E-state index is 0.245. The van der Waals surface area contributed by atoms with E-state index in [0.717, 1.165) is 12.8 Å². The lowest BCUT2D eigenvalue weighted by atomic mass is 9.68. The molecule has 114 valence electrons. The summed E-state index contributed by atoms with van der Waals surface area (Å²) in [4.78, 5) is 20.8. The van der Waals surface area contributed by atoms with Crippen LogP contribution in [0, 0.1) is 5.41 Å².